The Labute approximate surface area is 107 Å². The highest BCUT2D eigenvalue weighted by atomic mass is 16.4. The van der Waals surface area contributed by atoms with Crippen molar-refractivity contribution in [2.75, 3.05) is 25.0 Å². The summed E-state index contributed by atoms with van der Waals surface area (Å²) in [4.78, 5) is 17.4. The van der Waals surface area contributed by atoms with Gasteiger partial charge in [0, 0.05) is 18.8 Å². The standard InChI is InChI=1S/C13H19N3O2/c1-2-16-7-3-4-11(16)9-15-12-8-10(13(17)18)5-6-14-12/h5-6,8,11H,2-4,7,9H2,1H3,(H,14,15)(H,17,18). The quantitative estimate of drug-likeness (QED) is 0.831. The lowest BCUT2D eigenvalue weighted by atomic mass is 10.2. The summed E-state index contributed by atoms with van der Waals surface area (Å²) in [5.41, 5.74) is 0.270. The zero-order valence-corrected chi connectivity index (χ0v) is 10.6. The molecule has 1 atom stereocenters. The van der Waals surface area contributed by atoms with E-state index in [0.717, 1.165) is 19.6 Å². The monoisotopic (exact) mass is 249 g/mol. The van der Waals surface area contributed by atoms with Gasteiger partial charge in [-0.05, 0) is 38.1 Å². The Hall–Kier alpha value is -1.62. The van der Waals surface area contributed by atoms with Crippen LogP contribution >= 0.6 is 0 Å². The molecule has 0 bridgehead atoms. The number of aromatic nitrogens is 1. The smallest absolute Gasteiger partial charge is 0.335 e. The first-order valence-corrected chi connectivity index (χ1v) is 6.38. The Balaban J connectivity index is 1.93. The van der Waals surface area contributed by atoms with Crippen LogP contribution in [0.4, 0.5) is 5.82 Å². The lowest BCUT2D eigenvalue weighted by Gasteiger charge is -2.23. The van der Waals surface area contributed by atoms with Gasteiger partial charge in [0.15, 0.2) is 0 Å². The number of pyridine rings is 1. The molecule has 98 valence electrons. The number of aromatic carboxylic acids is 1. The number of hydrogen-bond donors (Lipinski definition) is 2. The second-order valence-corrected chi connectivity index (χ2v) is 4.54. The summed E-state index contributed by atoms with van der Waals surface area (Å²) in [6, 6.07) is 3.61. The number of hydrogen-bond acceptors (Lipinski definition) is 4. The summed E-state index contributed by atoms with van der Waals surface area (Å²) in [6.07, 6.45) is 3.96. The van der Waals surface area contributed by atoms with Crippen molar-refractivity contribution in [1.29, 1.82) is 0 Å². The third-order valence-corrected chi connectivity index (χ3v) is 3.43. The zero-order valence-electron chi connectivity index (χ0n) is 10.6. The number of nitrogens with one attached hydrogen (secondary N) is 1. The van der Waals surface area contributed by atoms with E-state index in [1.54, 1.807) is 6.07 Å². The van der Waals surface area contributed by atoms with E-state index in [9.17, 15) is 4.79 Å². The minimum absolute atomic E-state index is 0.270. The number of likely N-dealkylation sites (N-methyl/N-ethyl adjacent to an activating group) is 1. The predicted octanol–water partition coefficient (Wildman–Crippen LogP) is 1.68. The van der Waals surface area contributed by atoms with Crippen LogP contribution in [0.5, 0.6) is 0 Å². The van der Waals surface area contributed by atoms with Gasteiger partial charge in [0.2, 0.25) is 0 Å². The number of anilines is 1. The van der Waals surface area contributed by atoms with Crippen LogP contribution in [0.15, 0.2) is 18.3 Å². The van der Waals surface area contributed by atoms with Crippen molar-refractivity contribution >= 4 is 11.8 Å². The van der Waals surface area contributed by atoms with Crippen LogP contribution < -0.4 is 5.32 Å². The van der Waals surface area contributed by atoms with Gasteiger partial charge in [0.1, 0.15) is 5.82 Å². The van der Waals surface area contributed by atoms with Crippen molar-refractivity contribution in [3.63, 3.8) is 0 Å². The normalized spacial score (nSPS) is 19.9. The first-order chi connectivity index (χ1) is 8.70. The average molecular weight is 249 g/mol. The molecule has 5 nitrogen and oxygen atoms in total. The molecular weight excluding hydrogens is 230 g/mol. The van der Waals surface area contributed by atoms with E-state index in [4.69, 9.17) is 5.11 Å². The summed E-state index contributed by atoms with van der Waals surface area (Å²) >= 11 is 0. The Morgan fingerprint density at radius 1 is 1.67 bits per heavy atom. The molecule has 1 saturated heterocycles. The maximum Gasteiger partial charge on any atom is 0.335 e. The summed E-state index contributed by atoms with van der Waals surface area (Å²) in [7, 11) is 0. The minimum atomic E-state index is -0.920. The van der Waals surface area contributed by atoms with Gasteiger partial charge in [0.25, 0.3) is 0 Å². The van der Waals surface area contributed by atoms with Crippen molar-refractivity contribution in [3.05, 3.63) is 23.9 Å². The van der Waals surface area contributed by atoms with Crippen molar-refractivity contribution in [1.82, 2.24) is 9.88 Å². The van der Waals surface area contributed by atoms with Gasteiger partial charge < -0.3 is 10.4 Å². The first-order valence-electron chi connectivity index (χ1n) is 6.38. The third kappa shape index (κ3) is 2.98. The van der Waals surface area contributed by atoms with Crippen LogP contribution in [0, 0.1) is 0 Å². The molecule has 1 aliphatic rings. The molecule has 0 radical (unpaired) electrons. The fourth-order valence-corrected chi connectivity index (χ4v) is 2.43. The Kier molecular flexibility index (Phi) is 4.15. The number of likely N-dealkylation sites (tertiary alicyclic amines) is 1. The maximum absolute atomic E-state index is 10.8. The van der Waals surface area contributed by atoms with Gasteiger partial charge >= 0.3 is 5.97 Å². The molecule has 1 aromatic heterocycles. The van der Waals surface area contributed by atoms with Crippen LogP contribution in [-0.4, -0.2) is 46.6 Å². The average Bonchev–Trinajstić information content (AvgIpc) is 2.84. The minimum Gasteiger partial charge on any atom is -0.478 e. The lowest BCUT2D eigenvalue weighted by molar-refractivity contribution is 0.0697. The van der Waals surface area contributed by atoms with E-state index in [1.807, 2.05) is 0 Å². The molecule has 2 N–H and O–H groups in total. The van der Waals surface area contributed by atoms with Crippen molar-refractivity contribution < 1.29 is 9.90 Å². The fraction of sp³-hybridized carbons (Fsp3) is 0.538. The van der Waals surface area contributed by atoms with Gasteiger partial charge in [-0.25, -0.2) is 9.78 Å². The van der Waals surface area contributed by atoms with E-state index in [-0.39, 0.29) is 5.56 Å². The second kappa shape index (κ2) is 5.82. The Morgan fingerprint density at radius 2 is 2.50 bits per heavy atom. The Bertz CT molecular complexity index is 422. The van der Waals surface area contributed by atoms with Gasteiger partial charge in [-0.1, -0.05) is 6.92 Å². The highest BCUT2D eigenvalue weighted by molar-refractivity contribution is 5.88. The summed E-state index contributed by atoms with van der Waals surface area (Å²) < 4.78 is 0. The number of carboxylic acid groups (broad SMARTS) is 1. The third-order valence-electron chi connectivity index (χ3n) is 3.43. The highest BCUT2D eigenvalue weighted by Crippen LogP contribution is 2.17. The van der Waals surface area contributed by atoms with Crippen LogP contribution in [0.1, 0.15) is 30.1 Å². The molecule has 1 fully saturated rings. The molecule has 0 aliphatic carbocycles. The molecule has 0 amide bonds. The SMILES string of the molecule is CCN1CCCC1CNc1cc(C(=O)O)ccn1. The van der Waals surface area contributed by atoms with Crippen LogP contribution in [-0.2, 0) is 0 Å². The van der Waals surface area contributed by atoms with E-state index in [2.05, 4.69) is 22.1 Å². The largest absolute Gasteiger partial charge is 0.478 e. The molecule has 2 rings (SSSR count). The predicted molar refractivity (Wildman–Crippen MR) is 70.0 cm³/mol. The van der Waals surface area contributed by atoms with E-state index < -0.39 is 5.97 Å². The summed E-state index contributed by atoms with van der Waals surface area (Å²) in [5.74, 6) is -0.283. The number of carboxylic acids is 1. The molecule has 2 heterocycles. The fourth-order valence-electron chi connectivity index (χ4n) is 2.43. The number of nitrogens with zero attached hydrogens (tertiary/aromatic N) is 2. The molecule has 5 heteroatoms. The second-order valence-electron chi connectivity index (χ2n) is 4.54. The molecule has 0 aromatic carbocycles. The molecule has 0 spiro atoms. The van der Waals surface area contributed by atoms with E-state index in [1.165, 1.54) is 25.1 Å². The molecule has 1 unspecified atom stereocenters. The molecule has 0 saturated carbocycles. The molecule has 1 aliphatic heterocycles. The van der Waals surface area contributed by atoms with Gasteiger partial charge in [0.05, 0.1) is 5.56 Å². The van der Waals surface area contributed by atoms with Crippen LogP contribution in [0.3, 0.4) is 0 Å². The van der Waals surface area contributed by atoms with E-state index in [0.29, 0.717) is 11.9 Å². The van der Waals surface area contributed by atoms with Gasteiger partial charge in [-0.15, -0.1) is 0 Å². The van der Waals surface area contributed by atoms with Crippen LogP contribution in [0.25, 0.3) is 0 Å². The van der Waals surface area contributed by atoms with E-state index >= 15 is 0 Å². The van der Waals surface area contributed by atoms with Crippen molar-refractivity contribution in [3.8, 4) is 0 Å². The molecular formula is C13H19N3O2. The number of carbonyl (C=O) groups is 1. The van der Waals surface area contributed by atoms with Gasteiger partial charge in [-0.2, -0.15) is 0 Å². The van der Waals surface area contributed by atoms with Gasteiger partial charge in [-0.3, -0.25) is 4.90 Å². The molecule has 1 aromatic rings. The highest BCUT2D eigenvalue weighted by Gasteiger charge is 2.22. The lowest BCUT2D eigenvalue weighted by Crippen LogP contribution is -2.34. The number of rotatable bonds is 5. The topological polar surface area (TPSA) is 65.5 Å². The summed E-state index contributed by atoms with van der Waals surface area (Å²) in [5, 5.41) is 12.1. The first kappa shape index (κ1) is 12.8. The maximum atomic E-state index is 10.8. The van der Waals surface area contributed by atoms with Crippen molar-refractivity contribution in [2.24, 2.45) is 0 Å². The molecule has 18 heavy (non-hydrogen) atoms. The van der Waals surface area contributed by atoms with Crippen molar-refractivity contribution in [2.45, 2.75) is 25.8 Å². The Morgan fingerprint density at radius 3 is 3.22 bits per heavy atom. The zero-order chi connectivity index (χ0) is 13.0. The van der Waals surface area contributed by atoms with Crippen LogP contribution in [0.2, 0.25) is 0 Å². The summed E-state index contributed by atoms with van der Waals surface area (Å²) in [6.45, 7) is 5.21.